The topological polar surface area (TPSA) is 96.9 Å². The summed E-state index contributed by atoms with van der Waals surface area (Å²) < 4.78 is 10.9. The second kappa shape index (κ2) is 7.85. The molecule has 0 spiro atoms. The maximum Gasteiger partial charge on any atom is 0.258 e. The highest BCUT2D eigenvalue weighted by molar-refractivity contribution is 6.10. The Hall–Kier alpha value is -2.90. The molecule has 29 heavy (non-hydrogen) atoms. The summed E-state index contributed by atoms with van der Waals surface area (Å²) >= 11 is 0. The van der Waals surface area contributed by atoms with Gasteiger partial charge in [0.1, 0.15) is 17.3 Å². The Morgan fingerprint density at radius 3 is 2.59 bits per heavy atom. The number of hydrogen-bond acceptors (Lipinski definition) is 6. The number of hydrogen-bond donors (Lipinski definition) is 0. The monoisotopic (exact) mass is 399 g/mol. The van der Waals surface area contributed by atoms with E-state index in [4.69, 9.17) is 8.94 Å². The van der Waals surface area contributed by atoms with Crippen LogP contribution in [0.3, 0.4) is 0 Å². The fourth-order valence-corrected chi connectivity index (χ4v) is 4.15. The van der Waals surface area contributed by atoms with E-state index in [2.05, 4.69) is 5.16 Å². The van der Waals surface area contributed by atoms with Gasteiger partial charge in [0.25, 0.3) is 5.91 Å². The molecule has 8 heteroatoms. The van der Waals surface area contributed by atoms with Crippen LogP contribution in [-0.2, 0) is 17.6 Å². The number of fused-ring (bicyclic) bond motifs is 1. The van der Waals surface area contributed by atoms with E-state index in [0.29, 0.717) is 73.8 Å². The van der Waals surface area contributed by atoms with Crippen molar-refractivity contribution in [1.82, 2.24) is 15.0 Å². The minimum absolute atomic E-state index is 0.0135. The Bertz CT molecular complexity index is 958. The lowest BCUT2D eigenvalue weighted by atomic mass is 9.93. The van der Waals surface area contributed by atoms with Crippen molar-refractivity contribution in [3.8, 4) is 0 Å². The molecule has 2 aromatic rings. The van der Waals surface area contributed by atoms with Crippen LogP contribution in [0.15, 0.2) is 15.0 Å². The lowest BCUT2D eigenvalue weighted by Crippen LogP contribution is -2.38. The van der Waals surface area contributed by atoms with Crippen molar-refractivity contribution >= 4 is 17.6 Å². The molecule has 8 nitrogen and oxygen atoms in total. The van der Waals surface area contributed by atoms with E-state index < -0.39 is 0 Å². The van der Waals surface area contributed by atoms with Crippen LogP contribution < -0.4 is 0 Å². The van der Waals surface area contributed by atoms with Gasteiger partial charge in [-0.25, -0.2) is 0 Å². The first-order chi connectivity index (χ1) is 13.9. The molecular weight excluding hydrogens is 374 g/mol. The van der Waals surface area contributed by atoms with Gasteiger partial charge in [-0.05, 0) is 26.7 Å². The second-order valence-corrected chi connectivity index (χ2v) is 7.75. The quantitative estimate of drug-likeness (QED) is 0.786. The fraction of sp³-hybridized carbons (Fsp3) is 0.524. The third kappa shape index (κ3) is 3.83. The number of ketones is 1. The number of aromatic nitrogens is 1. The summed E-state index contributed by atoms with van der Waals surface area (Å²) in [6, 6.07) is 1.76. The third-order valence-corrected chi connectivity index (χ3v) is 5.60. The second-order valence-electron chi connectivity index (χ2n) is 7.75. The molecule has 0 bridgehead atoms. The van der Waals surface area contributed by atoms with Crippen molar-refractivity contribution in [1.29, 1.82) is 0 Å². The Morgan fingerprint density at radius 1 is 1.07 bits per heavy atom. The van der Waals surface area contributed by atoms with Crippen molar-refractivity contribution in [3.63, 3.8) is 0 Å². The summed E-state index contributed by atoms with van der Waals surface area (Å²) in [5, 5.41) is 3.81. The SMILES string of the molecule is Cc1cc(CC(=O)N2CCCN(C(=O)c3c(C)oc4c3C(=O)CCC4)CC2)on1. The molecular formula is C21H25N3O5. The molecule has 1 aliphatic carbocycles. The predicted molar refractivity (Wildman–Crippen MR) is 103 cm³/mol. The van der Waals surface area contributed by atoms with E-state index in [0.717, 1.165) is 12.1 Å². The maximum absolute atomic E-state index is 13.2. The lowest BCUT2D eigenvalue weighted by Gasteiger charge is -2.22. The van der Waals surface area contributed by atoms with Crippen LogP contribution >= 0.6 is 0 Å². The number of carbonyl (C=O) groups is 3. The van der Waals surface area contributed by atoms with Crippen LogP contribution in [0.2, 0.25) is 0 Å². The number of aryl methyl sites for hydroxylation is 3. The molecule has 1 aliphatic heterocycles. The summed E-state index contributed by atoms with van der Waals surface area (Å²) in [6.45, 7) is 5.55. The molecule has 0 unspecified atom stereocenters. The van der Waals surface area contributed by atoms with Gasteiger partial charge in [-0.15, -0.1) is 0 Å². The summed E-state index contributed by atoms with van der Waals surface area (Å²) in [7, 11) is 0. The molecule has 3 heterocycles. The highest BCUT2D eigenvalue weighted by Crippen LogP contribution is 2.30. The molecule has 0 radical (unpaired) electrons. The first-order valence-corrected chi connectivity index (χ1v) is 10.1. The predicted octanol–water partition coefficient (Wildman–Crippen LogP) is 2.32. The van der Waals surface area contributed by atoms with Crippen LogP contribution in [-0.4, -0.2) is 58.7 Å². The molecule has 2 amide bonds. The van der Waals surface area contributed by atoms with E-state index in [1.54, 1.807) is 22.8 Å². The Kier molecular flexibility index (Phi) is 5.25. The Labute approximate surface area is 168 Å². The molecule has 154 valence electrons. The number of nitrogens with zero attached hydrogens (tertiary/aromatic N) is 3. The van der Waals surface area contributed by atoms with E-state index in [-0.39, 0.29) is 24.0 Å². The van der Waals surface area contributed by atoms with Gasteiger partial charge >= 0.3 is 0 Å². The number of carbonyl (C=O) groups excluding carboxylic acids is 3. The van der Waals surface area contributed by atoms with Crippen molar-refractivity contribution in [2.45, 2.75) is 46.0 Å². The first kappa shape index (κ1) is 19.4. The van der Waals surface area contributed by atoms with Crippen LogP contribution in [0.4, 0.5) is 0 Å². The van der Waals surface area contributed by atoms with Gasteiger partial charge in [0, 0.05) is 45.1 Å². The summed E-state index contributed by atoms with van der Waals surface area (Å²) in [4.78, 5) is 41.7. The smallest absolute Gasteiger partial charge is 0.258 e. The largest absolute Gasteiger partial charge is 0.465 e. The minimum Gasteiger partial charge on any atom is -0.465 e. The van der Waals surface area contributed by atoms with Gasteiger partial charge in [0.2, 0.25) is 5.91 Å². The van der Waals surface area contributed by atoms with Gasteiger partial charge in [-0.2, -0.15) is 0 Å². The Balaban J connectivity index is 1.45. The van der Waals surface area contributed by atoms with Gasteiger partial charge in [-0.3, -0.25) is 14.4 Å². The average molecular weight is 399 g/mol. The van der Waals surface area contributed by atoms with Gasteiger partial charge < -0.3 is 18.7 Å². The van der Waals surface area contributed by atoms with Gasteiger partial charge in [0.05, 0.1) is 23.2 Å². The van der Waals surface area contributed by atoms with Crippen LogP contribution in [0.1, 0.15) is 63.0 Å². The molecule has 0 saturated carbocycles. The number of rotatable bonds is 3. The standard InChI is InChI=1S/C21H25N3O5/c1-13-11-15(29-22-13)12-18(26)23-7-4-8-24(10-9-23)21(27)19-14(2)28-17-6-3-5-16(25)20(17)19/h11H,3-10,12H2,1-2H3. The first-order valence-electron chi connectivity index (χ1n) is 10.1. The van der Waals surface area contributed by atoms with Crippen LogP contribution in [0.5, 0.6) is 0 Å². The molecule has 0 aromatic carbocycles. The lowest BCUT2D eigenvalue weighted by molar-refractivity contribution is -0.130. The molecule has 2 aromatic heterocycles. The minimum atomic E-state index is -0.178. The number of amides is 2. The van der Waals surface area contributed by atoms with E-state index in [1.807, 2.05) is 6.92 Å². The van der Waals surface area contributed by atoms with Crippen molar-refractivity contribution in [2.75, 3.05) is 26.2 Å². The van der Waals surface area contributed by atoms with Crippen molar-refractivity contribution < 1.29 is 23.3 Å². The third-order valence-electron chi connectivity index (χ3n) is 5.60. The zero-order valence-electron chi connectivity index (χ0n) is 16.8. The molecule has 4 rings (SSSR count). The van der Waals surface area contributed by atoms with Crippen LogP contribution in [0, 0.1) is 13.8 Å². The Morgan fingerprint density at radius 2 is 1.83 bits per heavy atom. The number of Topliss-reactive ketones (excluding diaryl/α,β-unsaturated/α-hetero) is 1. The molecule has 1 fully saturated rings. The normalized spacial score (nSPS) is 17.2. The van der Waals surface area contributed by atoms with E-state index >= 15 is 0 Å². The molecule has 0 N–H and O–H groups in total. The zero-order valence-corrected chi connectivity index (χ0v) is 16.8. The summed E-state index contributed by atoms with van der Waals surface area (Å²) in [6.07, 6.45) is 2.75. The van der Waals surface area contributed by atoms with Crippen molar-refractivity contribution in [3.05, 3.63) is 40.2 Å². The highest BCUT2D eigenvalue weighted by atomic mass is 16.5. The summed E-state index contributed by atoms with van der Waals surface area (Å²) in [5.74, 6) is 1.46. The molecule has 0 atom stereocenters. The highest BCUT2D eigenvalue weighted by Gasteiger charge is 2.33. The maximum atomic E-state index is 13.2. The zero-order chi connectivity index (χ0) is 20.5. The molecule has 1 saturated heterocycles. The average Bonchev–Trinajstić information content (AvgIpc) is 3.14. The van der Waals surface area contributed by atoms with Crippen molar-refractivity contribution in [2.24, 2.45) is 0 Å². The van der Waals surface area contributed by atoms with E-state index in [9.17, 15) is 14.4 Å². The molecule has 2 aliphatic rings. The van der Waals surface area contributed by atoms with Gasteiger partial charge in [-0.1, -0.05) is 5.16 Å². The number of furan rings is 1. The van der Waals surface area contributed by atoms with Crippen LogP contribution in [0.25, 0.3) is 0 Å². The van der Waals surface area contributed by atoms with Gasteiger partial charge in [0.15, 0.2) is 5.78 Å². The van der Waals surface area contributed by atoms with E-state index in [1.165, 1.54) is 0 Å². The summed E-state index contributed by atoms with van der Waals surface area (Å²) in [5.41, 5.74) is 1.62. The fourth-order valence-electron chi connectivity index (χ4n) is 4.15.